The van der Waals surface area contributed by atoms with Crippen LogP contribution in [-0.4, -0.2) is 16.1 Å². The maximum absolute atomic E-state index is 13.1. The second-order valence-corrected chi connectivity index (χ2v) is 7.89. The summed E-state index contributed by atoms with van der Waals surface area (Å²) in [7, 11) is 0. The van der Waals surface area contributed by atoms with E-state index >= 15 is 0 Å². The molecule has 3 aromatic rings. The maximum Gasteiger partial charge on any atom is 0.221 e. The fourth-order valence-corrected chi connectivity index (χ4v) is 4.19. The lowest BCUT2D eigenvalue weighted by molar-refractivity contribution is -0.114. The molecule has 9 heteroatoms. The summed E-state index contributed by atoms with van der Waals surface area (Å²) in [6, 6.07) is 11.7. The van der Waals surface area contributed by atoms with Crippen LogP contribution in [0.15, 0.2) is 46.8 Å². The lowest BCUT2D eigenvalue weighted by atomic mass is 10.2. The SMILES string of the molecule is CC(=O)Nc1cccc(Nc2nnc(SCc3ccc(F)cc3Cl)s2)c1. The van der Waals surface area contributed by atoms with Gasteiger partial charge in [-0.2, -0.15) is 0 Å². The predicted molar refractivity (Wildman–Crippen MR) is 105 cm³/mol. The molecular formula is C17H14ClFN4OS2. The van der Waals surface area contributed by atoms with Gasteiger partial charge >= 0.3 is 0 Å². The number of thioether (sulfide) groups is 1. The molecule has 0 unspecified atom stereocenters. The van der Waals surface area contributed by atoms with Crippen molar-refractivity contribution < 1.29 is 9.18 Å². The molecule has 0 atom stereocenters. The van der Waals surface area contributed by atoms with Gasteiger partial charge in [0, 0.05) is 29.1 Å². The average molecular weight is 409 g/mol. The monoisotopic (exact) mass is 408 g/mol. The Morgan fingerprint density at radius 2 is 2.04 bits per heavy atom. The normalized spacial score (nSPS) is 10.6. The van der Waals surface area contributed by atoms with Crippen LogP contribution in [0.4, 0.5) is 20.9 Å². The summed E-state index contributed by atoms with van der Waals surface area (Å²) in [5, 5.41) is 15.2. The van der Waals surface area contributed by atoms with Crippen LogP contribution in [0.2, 0.25) is 5.02 Å². The Morgan fingerprint density at radius 1 is 1.23 bits per heavy atom. The maximum atomic E-state index is 13.1. The van der Waals surface area contributed by atoms with Crippen molar-refractivity contribution in [2.75, 3.05) is 10.6 Å². The number of halogens is 2. The van der Waals surface area contributed by atoms with Gasteiger partial charge in [0.25, 0.3) is 0 Å². The van der Waals surface area contributed by atoms with Gasteiger partial charge < -0.3 is 10.6 Å². The Hall–Kier alpha value is -2.16. The standard InChI is InChI=1S/C17H14ClFN4OS2/c1-10(24)20-13-3-2-4-14(8-13)21-16-22-23-17(26-16)25-9-11-5-6-12(19)7-15(11)18/h2-8H,9H2,1H3,(H,20,24)(H,21,22). The van der Waals surface area contributed by atoms with Crippen molar-refractivity contribution in [1.82, 2.24) is 10.2 Å². The lowest BCUT2D eigenvalue weighted by Crippen LogP contribution is -2.05. The summed E-state index contributed by atoms with van der Waals surface area (Å²) >= 11 is 8.91. The number of benzene rings is 2. The second-order valence-electron chi connectivity index (χ2n) is 5.28. The van der Waals surface area contributed by atoms with Crippen LogP contribution in [0.1, 0.15) is 12.5 Å². The van der Waals surface area contributed by atoms with Gasteiger partial charge in [-0.3, -0.25) is 4.79 Å². The number of carbonyl (C=O) groups is 1. The van der Waals surface area contributed by atoms with Crippen molar-refractivity contribution >= 4 is 57.1 Å². The molecule has 0 fully saturated rings. The van der Waals surface area contributed by atoms with Crippen LogP contribution in [-0.2, 0) is 10.5 Å². The van der Waals surface area contributed by atoms with Crippen molar-refractivity contribution in [1.29, 1.82) is 0 Å². The van der Waals surface area contributed by atoms with E-state index in [4.69, 9.17) is 11.6 Å². The van der Waals surface area contributed by atoms with Crippen LogP contribution < -0.4 is 10.6 Å². The molecule has 0 saturated carbocycles. The average Bonchev–Trinajstić information content (AvgIpc) is 3.01. The summed E-state index contributed by atoms with van der Waals surface area (Å²) < 4.78 is 13.8. The first kappa shape index (κ1) is 18.6. The van der Waals surface area contributed by atoms with E-state index in [0.717, 1.165) is 15.6 Å². The third-order valence-corrected chi connectivity index (χ3v) is 5.58. The second kappa shape index (κ2) is 8.48. The van der Waals surface area contributed by atoms with Crippen LogP contribution in [0.25, 0.3) is 0 Å². The Kier molecular flexibility index (Phi) is 6.08. The summed E-state index contributed by atoms with van der Waals surface area (Å²) in [5.41, 5.74) is 2.34. The first-order valence-electron chi connectivity index (χ1n) is 7.54. The summed E-state index contributed by atoms with van der Waals surface area (Å²) in [4.78, 5) is 11.1. The van der Waals surface area contributed by atoms with E-state index in [2.05, 4.69) is 20.8 Å². The lowest BCUT2D eigenvalue weighted by Gasteiger charge is -2.05. The quantitative estimate of drug-likeness (QED) is 0.540. The van der Waals surface area contributed by atoms with Crippen molar-refractivity contribution in [2.45, 2.75) is 17.0 Å². The third-order valence-electron chi connectivity index (χ3n) is 3.21. The van der Waals surface area contributed by atoms with E-state index in [0.29, 0.717) is 21.6 Å². The molecule has 3 rings (SSSR count). The minimum Gasteiger partial charge on any atom is -0.330 e. The van der Waals surface area contributed by atoms with Crippen molar-refractivity contribution in [3.05, 3.63) is 58.9 Å². The molecule has 2 aromatic carbocycles. The zero-order valence-corrected chi connectivity index (χ0v) is 16.0. The molecule has 5 nitrogen and oxygen atoms in total. The van der Waals surface area contributed by atoms with Crippen LogP contribution >= 0.6 is 34.7 Å². The molecule has 0 bridgehead atoms. The topological polar surface area (TPSA) is 66.9 Å². The molecule has 1 heterocycles. The number of amides is 1. The largest absolute Gasteiger partial charge is 0.330 e. The van der Waals surface area contributed by atoms with Gasteiger partial charge in [-0.1, -0.05) is 46.8 Å². The number of rotatable bonds is 6. The fraction of sp³-hybridized carbons (Fsp3) is 0.118. The minimum atomic E-state index is -0.354. The van der Waals surface area contributed by atoms with Gasteiger partial charge in [-0.15, -0.1) is 10.2 Å². The van der Waals surface area contributed by atoms with E-state index in [1.807, 2.05) is 18.2 Å². The highest BCUT2D eigenvalue weighted by atomic mass is 35.5. The number of aromatic nitrogens is 2. The number of nitrogens with zero attached hydrogens (tertiary/aromatic N) is 2. The molecule has 0 radical (unpaired) electrons. The zero-order valence-electron chi connectivity index (χ0n) is 13.6. The van der Waals surface area contributed by atoms with Crippen molar-refractivity contribution in [3.63, 3.8) is 0 Å². The van der Waals surface area contributed by atoms with E-state index in [1.165, 1.54) is 42.2 Å². The van der Waals surface area contributed by atoms with Crippen LogP contribution in [0.5, 0.6) is 0 Å². The Bertz CT molecular complexity index is 935. The molecular weight excluding hydrogens is 395 g/mol. The highest BCUT2D eigenvalue weighted by Gasteiger charge is 2.08. The third kappa shape index (κ3) is 5.17. The molecule has 0 saturated heterocycles. The van der Waals surface area contributed by atoms with Crippen LogP contribution in [0.3, 0.4) is 0 Å². The summed E-state index contributed by atoms with van der Waals surface area (Å²) in [5.74, 6) is 0.0926. The van der Waals surface area contributed by atoms with Gasteiger partial charge in [0.2, 0.25) is 11.0 Å². The van der Waals surface area contributed by atoms with E-state index in [9.17, 15) is 9.18 Å². The highest BCUT2D eigenvalue weighted by Crippen LogP contribution is 2.32. The highest BCUT2D eigenvalue weighted by molar-refractivity contribution is 8.00. The van der Waals surface area contributed by atoms with Gasteiger partial charge in [0.15, 0.2) is 4.34 Å². The fourth-order valence-electron chi connectivity index (χ4n) is 2.10. The van der Waals surface area contributed by atoms with Crippen molar-refractivity contribution in [3.8, 4) is 0 Å². The minimum absolute atomic E-state index is 0.129. The molecule has 26 heavy (non-hydrogen) atoms. The van der Waals surface area contributed by atoms with Crippen LogP contribution in [0, 0.1) is 5.82 Å². The van der Waals surface area contributed by atoms with Gasteiger partial charge in [0.1, 0.15) is 5.82 Å². The first-order valence-corrected chi connectivity index (χ1v) is 9.72. The molecule has 1 amide bonds. The molecule has 0 spiro atoms. The number of nitrogens with one attached hydrogen (secondary N) is 2. The Morgan fingerprint density at radius 3 is 2.81 bits per heavy atom. The van der Waals surface area contributed by atoms with Crippen molar-refractivity contribution in [2.24, 2.45) is 0 Å². The Labute approximate surface area is 163 Å². The number of hydrogen-bond acceptors (Lipinski definition) is 6. The van der Waals surface area contributed by atoms with Gasteiger partial charge in [-0.05, 0) is 35.9 Å². The first-order chi connectivity index (χ1) is 12.5. The molecule has 134 valence electrons. The molecule has 0 aliphatic heterocycles. The molecule has 1 aromatic heterocycles. The van der Waals surface area contributed by atoms with E-state index < -0.39 is 0 Å². The number of hydrogen-bond donors (Lipinski definition) is 2. The summed E-state index contributed by atoms with van der Waals surface area (Å²) in [6.07, 6.45) is 0. The number of carbonyl (C=O) groups excluding carboxylic acids is 1. The molecule has 2 N–H and O–H groups in total. The zero-order chi connectivity index (χ0) is 18.5. The van der Waals surface area contributed by atoms with E-state index in [-0.39, 0.29) is 11.7 Å². The summed E-state index contributed by atoms with van der Waals surface area (Å²) in [6.45, 7) is 1.46. The molecule has 0 aliphatic carbocycles. The van der Waals surface area contributed by atoms with E-state index in [1.54, 1.807) is 12.1 Å². The van der Waals surface area contributed by atoms with Gasteiger partial charge in [-0.25, -0.2) is 4.39 Å². The number of anilines is 3. The smallest absolute Gasteiger partial charge is 0.221 e. The predicted octanol–water partition coefficient (Wildman–Crippen LogP) is 5.32. The Balaban J connectivity index is 1.62. The van der Waals surface area contributed by atoms with Gasteiger partial charge in [0.05, 0.1) is 0 Å². The molecule has 0 aliphatic rings.